The third-order valence-electron chi connectivity index (χ3n) is 5.21. The van der Waals surface area contributed by atoms with E-state index in [1.807, 2.05) is 30.0 Å². The fraction of sp³-hybridized carbons (Fsp3) is 0.579. The van der Waals surface area contributed by atoms with Crippen molar-refractivity contribution in [1.29, 1.82) is 0 Å². The van der Waals surface area contributed by atoms with Gasteiger partial charge in [-0.25, -0.2) is 8.42 Å². The van der Waals surface area contributed by atoms with E-state index in [-0.39, 0.29) is 35.8 Å². The number of hydrogen-bond donors (Lipinski definition) is 2. The van der Waals surface area contributed by atoms with Gasteiger partial charge in [0.05, 0.1) is 24.0 Å². The molecule has 0 radical (unpaired) electrons. The van der Waals surface area contributed by atoms with Crippen LogP contribution in [-0.4, -0.2) is 61.8 Å². The number of carbonyl (C=O) groups is 2. The Balaban J connectivity index is 1.59. The van der Waals surface area contributed by atoms with Gasteiger partial charge in [0, 0.05) is 25.7 Å². The molecule has 2 N–H and O–H groups in total. The first kappa shape index (κ1) is 19.8. The molecule has 0 aromatic heterocycles. The molecule has 2 aliphatic rings. The monoisotopic (exact) mass is 393 g/mol. The van der Waals surface area contributed by atoms with Gasteiger partial charge in [0.2, 0.25) is 11.8 Å². The molecule has 0 bridgehead atoms. The molecule has 1 aromatic rings. The summed E-state index contributed by atoms with van der Waals surface area (Å²) in [5.74, 6) is -0.103. The number of rotatable bonds is 5. The van der Waals surface area contributed by atoms with Crippen LogP contribution in [0.5, 0.6) is 0 Å². The zero-order valence-corrected chi connectivity index (χ0v) is 16.4. The molecule has 7 nitrogen and oxygen atoms in total. The Bertz CT molecular complexity index is 795. The van der Waals surface area contributed by atoms with Gasteiger partial charge in [-0.2, -0.15) is 0 Å². The number of aryl methyl sites for hydroxylation is 1. The van der Waals surface area contributed by atoms with Gasteiger partial charge in [-0.1, -0.05) is 29.8 Å². The number of benzene rings is 1. The summed E-state index contributed by atoms with van der Waals surface area (Å²) in [7, 11) is -2.96. The molecule has 2 saturated heterocycles. The van der Waals surface area contributed by atoms with Gasteiger partial charge in [0.1, 0.15) is 9.84 Å². The smallest absolute Gasteiger partial charge is 0.237 e. The topological polar surface area (TPSA) is 95.6 Å². The first-order valence-electron chi connectivity index (χ1n) is 9.39. The largest absolute Gasteiger partial charge is 0.353 e. The van der Waals surface area contributed by atoms with Crippen LogP contribution < -0.4 is 10.6 Å². The third kappa shape index (κ3) is 5.52. The lowest BCUT2D eigenvalue weighted by Crippen LogP contribution is -2.56. The van der Waals surface area contributed by atoms with Crippen LogP contribution in [0.4, 0.5) is 0 Å². The van der Waals surface area contributed by atoms with E-state index in [9.17, 15) is 18.0 Å². The Morgan fingerprint density at radius 1 is 1.30 bits per heavy atom. The Hall–Kier alpha value is -1.93. The molecule has 2 amide bonds. The number of nitrogens with one attached hydrogen (secondary N) is 2. The number of piperazine rings is 1. The van der Waals surface area contributed by atoms with Crippen molar-refractivity contribution >= 4 is 21.7 Å². The van der Waals surface area contributed by atoms with Crippen molar-refractivity contribution in [2.75, 3.05) is 24.6 Å². The Morgan fingerprint density at radius 3 is 2.74 bits per heavy atom. The number of carbonyl (C=O) groups excluding carboxylic acids is 2. The van der Waals surface area contributed by atoms with Crippen LogP contribution in [0.25, 0.3) is 0 Å². The summed E-state index contributed by atoms with van der Waals surface area (Å²) in [6.45, 7) is 3.92. The quantitative estimate of drug-likeness (QED) is 0.754. The molecular weight excluding hydrogens is 366 g/mol. The minimum Gasteiger partial charge on any atom is -0.353 e. The molecule has 148 valence electrons. The third-order valence-corrected chi connectivity index (χ3v) is 6.92. The molecular formula is C19H27N3O4S. The van der Waals surface area contributed by atoms with E-state index in [0.717, 1.165) is 11.1 Å². The highest BCUT2D eigenvalue weighted by Crippen LogP contribution is 2.16. The van der Waals surface area contributed by atoms with Gasteiger partial charge in [-0.05, 0) is 25.3 Å². The number of amides is 2. The number of sulfone groups is 1. The van der Waals surface area contributed by atoms with E-state index in [1.54, 1.807) is 0 Å². The predicted molar refractivity (Wildman–Crippen MR) is 103 cm³/mol. The van der Waals surface area contributed by atoms with Crippen molar-refractivity contribution in [2.24, 2.45) is 0 Å². The molecule has 2 heterocycles. The minimum absolute atomic E-state index is 0.0842. The van der Waals surface area contributed by atoms with Crippen molar-refractivity contribution < 1.29 is 18.0 Å². The lowest BCUT2D eigenvalue weighted by Gasteiger charge is -2.35. The van der Waals surface area contributed by atoms with E-state index in [1.165, 1.54) is 0 Å². The Morgan fingerprint density at radius 2 is 2.04 bits per heavy atom. The van der Waals surface area contributed by atoms with Crippen molar-refractivity contribution in [2.45, 2.75) is 44.8 Å². The lowest BCUT2D eigenvalue weighted by molar-refractivity contribution is -0.134. The summed E-state index contributed by atoms with van der Waals surface area (Å²) in [6, 6.07) is 7.50. The molecule has 0 aliphatic carbocycles. The maximum atomic E-state index is 12.5. The van der Waals surface area contributed by atoms with Crippen LogP contribution in [0, 0.1) is 6.92 Å². The molecule has 0 unspecified atom stereocenters. The Kier molecular flexibility index (Phi) is 6.16. The number of nitrogens with zero attached hydrogens (tertiary/aromatic N) is 1. The van der Waals surface area contributed by atoms with Crippen LogP contribution in [0.3, 0.4) is 0 Å². The second-order valence-corrected chi connectivity index (χ2v) is 9.77. The standard InChI is InChI=1S/C19H27N3O4S/c1-14-3-2-4-15(11-14)13-22-8-7-20-19(24)17(22)12-18(23)21-16-5-9-27(25,26)10-6-16/h2-4,11,16-17H,5-10,12-13H2,1H3,(H,20,24)(H,21,23)/t17-/m0/s1. The Labute approximate surface area is 160 Å². The van der Waals surface area contributed by atoms with E-state index in [4.69, 9.17) is 0 Å². The average Bonchev–Trinajstić information content (AvgIpc) is 2.60. The van der Waals surface area contributed by atoms with E-state index < -0.39 is 15.9 Å². The molecule has 0 saturated carbocycles. The second-order valence-electron chi connectivity index (χ2n) is 7.46. The number of hydrogen-bond acceptors (Lipinski definition) is 5. The summed E-state index contributed by atoms with van der Waals surface area (Å²) in [6.07, 6.45) is 0.969. The second kappa shape index (κ2) is 8.39. The zero-order chi connectivity index (χ0) is 19.4. The molecule has 1 aromatic carbocycles. The van der Waals surface area contributed by atoms with Crippen LogP contribution in [0.1, 0.15) is 30.4 Å². The fourth-order valence-electron chi connectivity index (χ4n) is 3.71. The summed E-state index contributed by atoms with van der Waals surface area (Å²) in [5.41, 5.74) is 2.28. The normalized spacial score (nSPS) is 23.6. The van der Waals surface area contributed by atoms with Gasteiger partial charge in [0.25, 0.3) is 0 Å². The molecule has 2 aliphatic heterocycles. The van der Waals surface area contributed by atoms with Crippen LogP contribution >= 0.6 is 0 Å². The highest BCUT2D eigenvalue weighted by Gasteiger charge is 2.32. The molecule has 27 heavy (non-hydrogen) atoms. The van der Waals surface area contributed by atoms with Crippen LogP contribution in [-0.2, 0) is 26.0 Å². The van der Waals surface area contributed by atoms with Gasteiger partial charge < -0.3 is 10.6 Å². The SMILES string of the molecule is Cc1cccc(CN2CCNC(=O)[C@@H]2CC(=O)NC2CCS(=O)(=O)CC2)c1. The first-order chi connectivity index (χ1) is 12.8. The maximum absolute atomic E-state index is 12.5. The van der Waals surface area contributed by atoms with Crippen molar-refractivity contribution in [3.05, 3.63) is 35.4 Å². The summed E-state index contributed by atoms with van der Waals surface area (Å²) in [4.78, 5) is 26.9. The highest BCUT2D eigenvalue weighted by atomic mass is 32.2. The summed E-state index contributed by atoms with van der Waals surface area (Å²) < 4.78 is 23.0. The van der Waals surface area contributed by atoms with Crippen molar-refractivity contribution in [3.8, 4) is 0 Å². The van der Waals surface area contributed by atoms with E-state index in [2.05, 4.69) is 16.7 Å². The van der Waals surface area contributed by atoms with Crippen molar-refractivity contribution in [1.82, 2.24) is 15.5 Å². The van der Waals surface area contributed by atoms with Crippen molar-refractivity contribution in [3.63, 3.8) is 0 Å². The minimum atomic E-state index is -2.96. The molecule has 2 fully saturated rings. The molecule has 8 heteroatoms. The molecule has 3 rings (SSSR count). The molecule has 0 spiro atoms. The average molecular weight is 394 g/mol. The lowest BCUT2D eigenvalue weighted by atomic mass is 10.0. The predicted octanol–water partition coefficient (Wildman–Crippen LogP) is 0.379. The zero-order valence-electron chi connectivity index (χ0n) is 15.6. The van der Waals surface area contributed by atoms with Gasteiger partial charge >= 0.3 is 0 Å². The van der Waals surface area contributed by atoms with E-state index >= 15 is 0 Å². The van der Waals surface area contributed by atoms with Crippen LogP contribution in [0.15, 0.2) is 24.3 Å². The van der Waals surface area contributed by atoms with Gasteiger partial charge in [-0.15, -0.1) is 0 Å². The summed E-state index contributed by atoms with van der Waals surface area (Å²) in [5, 5.41) is 5.75. The van der Waals surface area contributed by atoms with Gasteiger partial charge in [0.15, 0.2) is 0 Å². The summed E-state index contributed by atoms with van der Waals surface area (Å²) >= 11 is 0. The van der Waals surface area contributed by atoms with E-state index in [0.29, 0.717) is 32.5 Å². The van der Waals surface area contributed by atoms with Gasteiger partial charge in [-0.3, -0.25) is 14.5 Å². The fourth-order valence-corrected chi connectivity index (χ4v) is 5.21. The highest BCUT2D eigenvalue weighted by molar-refractivity contribution is 7.91. The molecule has 1 atom stereocenters. The van der Waals surface area contributed by atoms with Crippen LogP contribution in [0.2, 0.25) is 0 Å². The maximum Gasteiger partial charge on any atom is 0.237 e. The first-order valence-corrected chi connectivity index (χ1v) is 11.2.